The highest BCUT2D eigenvalue weighted by molar-refractivity contribution is 6.37. The molecule has 0 aliphatic rings. The van der Waals surface area contributed by atoms with Crippen molar-refractivity contribution in [1.29, 1.82) is 0 Å². The average Bonchev–Trinajstić information content (AvgIpc) is 2.55. The summed E-state index contributed by atoms with van der Waals surface area (Å²) in [6.07, 6.45) is 3.80. The van der Waals surface area contributed by atoms with Gasteiger partial charge >= 0.3 is 0 Å². The number of hydrogen-bond donors (Lipinski definition) is 1. The van der Waals surface area contributed by atoms with Gasteiger partial charge in [0.25, 0.3) is 0 Å². The predicted molar refractivity (Wildman–Crippen MR) is 95.2 cm³/mol. The fourth-order valence-corrected chi connectivity index (χ4v) is 2.53. The van der Waals surface area contributed by atoms with E-state index in [1.165, 1.54) is 6.08 Å². The Morgan fingerprint density at radius 1 is 1.13 bits per heavy atom. The standard InChI is InChI=1S/C18H17Cl2NO2/c1-23-14-7-5-13(6-8-14)11-12-21-18(22)10-9-15-16(19)3-2-4-17(15)20/h2-10H,11-12H2,1H3,(H,21,22). The van der Waals surface area contributed by atoms with Crippen LogP contribution < -0.4 is 10.1 Å². The highest BCUT2D eigenvalue weighted by Crippen LogP contribution is 2.25. The summed E-state index contributed by atoms with van der Waals surface area (Å²) in [4.78, 5) is 11.8. The summed E-state index contributed by atoms with van der Waals surface area (Å²) < 4.78 is 5.10. The fourth-order valence-electron chi connectivity index (χ4n) is 2.01. The van der Waals surface area contributed by atoms with Gasteiger partial charge in [0, 0.05) is 28.2 Å². The zero-order valence-corrected chi connectivity index (χ0v) is 14.2. The molecular weight excluding hydrogens is 333 g/mol. The maximum absolute atomic E-state index is 11.8. The SMILES string of the molecule is COc1ccc(CCNC(=O)C=Cc2c(Cl)cccc2Cl)cc1. The number of carbonyl (C=O) groups is 1. The van der Waals surface area contributed by atoms with Crippen molar-refractivity contribution in [3.63, 3.8) is 0 Å². The minimum absolute atomic E-state index is 0.186. The number of benzene rings is 2. The topological polar surface area (TPSA) is 38.3 Å². The van der Waals surface area contributed by atoms with Gasteiger partial charge in [0.05, 0.1) is 7.11 Å². The Balaban J connectivity index is 1.84. The molecule has 23 heavy (non-hydrogen) atoms. The number of amides is 1. The molecule has 0 aliphatic heterocycles. The molecule has 2 aromatic rings. The molecule has 0 saturated carbocycles. The van der Waals surface area contributed by atoms with E-state index >= 15 is 0 Å². The third-order valence-electron chi connectivity index (χ3n) is 3.27. The van der Waals surface area contributed by atoms with Crippen LogP contribution in [-0.4, -0.2) is 19.6 Å². The van der Waals surface area contributed by atoms with E-state index in [0.717, 1.165) is 17.7 Å². The van der Waals surface area contributed by atoms with Gasteiger partial charge in [-0.05, 0) is 42.3 Å². The van der Waals surface area contributed by atoms with Crippen molar-refractivity contribution in [2.45, 2.75) is 6.42 Å². The summed E-state index contributed by atoms with van der Waals surface area (Å²) in [5, 5.41) is 3.85. The molecule has 0 saturated heterocycles. The number of rotatable bonds is 6. The van der Waals surface area contributed by atoms with Gasteiger partial charge in [0.1, 0.15) is 5.75 Å². The van der Waals surface area contributed by atoms with E-state index in [2.05, 4.69) is 5.32 Å². The number of hydrogen-bond acceptors (Lipinski definition) is 2. The molecule has 0 unspecified atom stereocenters. The molecule has 120 valence electrons. The zero-order valence-electron chi connectivity index (χ0n) is 12.7. The molecule has 0 fully saturated rings. The van der Waals surface area contributed by atoms with Gasteiger partial charge < -0.3 is 10.1 Å². The van der Waals surface area contributed by atoms with Crippen LogP contribution in [0.15, 0.2) is 48.5 Å². The molecule has 0 radical (unpaired) electrons. The summed E-state index contributed by atoms with van der Waals surface area (Å²) in [6.45, 7) is 0.547. The quantitative estimate of drug-likeness (QED) is 0.786. The van der Waals surface area contributed by atoms with Crippen LogP contribution >= 0.6 is 23.2 Å². The molecule has 0 spiro atoms. The van der Waals surface area contributed by atoms with E-state index in [0.29, 0.717) is 22.2 Å². The summed E-state index contributed by atoms with van der Waals surface area (Å²) >= 11 is 12.1. The predicted octanol–water partition coefficient (Wildman–Crippen LogP) is 4.37. The highest BCUT2D eigenvalue weighted by Gasteiger charge is 2.02. The van der Waals surface area contributed by atoms with E-state index in [9.17, 15) is 4.79 Å². The normalized spacial score (nSPS) is 10.7. The second-order valence-corrected chi connectivity index (χ2v) is 5.67. The van der Waals surface area contributed by atoms with Crippen LogP contribution in [0, 0.1) is 0 Å². The maximum Gasteiger partial charge on any atom is 0.244 e. The maximum atomic E-state index is 11.8. The van der Waals surface area contributed by atoms with Crippen molar-refractivity contribution in [2.75, 3.05) is 13.7 Å². The van der Waals surface area contributed by atoms with E-state index in [1.54, 1.807) is 31.4 Å². The van der Waals surface area contributed by atoms with Crippen LogP contribution in [0.4, 0.5) is 0 Å². The third kappa shape index (κ3) is 5.31. The molecule has 1 amide bonds. The Morgan fingerprint density at radius 2 is 1.78 bits per heavy atom. The minimum Gasteiger partial charge on any atom is -0.497 e. The van der Waals surface area contributed by atoms with E-state index in [-0.39, 0.29) is 5.91 Å². The van der Waals surface area contributed by atoms with Crippen molar-refractivity contribution in [1.82, 2.24) is 5.32 Å². The smallest absolute Gasteiger partial charge is 0.244 e. The Morgan fingerprint density at radius 3 is 2.39 bits per heavy atom. The van der Waals surface area contributed by atoms with E-state index in [4.69, 9.17) is 27.9 Å². The van der Waals surface area contributed by atoms with Crippen LogP contribution in [0.5, 0.6) is 5.75 Å². The van der Waals surface area contributed by atoms with Crippen LogP contribution in [0.1, 0.15) is 11.1 Å². The Bertz CT molecular complexity index is 676. The lowest BCUT2D eigenvalue weighted by atomic mass is 10.1. The fraction of sp³-hybridized carbons (Fsp3) is 0.167. The van der Waals surface area contributed by atoms with Gasteiger partial charge in [0.2, 0.25) is 5.91 Å². The molecule has 0 aliphatic carbocycles. The number of methoxy groups -OCH3 is 1. The monoisotopic (exact) mass is 349 g/mol. The van der Waals surface area contributed by atoms with Gasteiger partial charge in [-0.1, -0.05) is 41.4 Å². The lowest BCUT2D eigenvalue weighted by Gasteiger charge is -2.05. The number of carbonyl (C=O) groups excluding carboxylic acids is 1. The average molecular weight is 350 g/mol. The zero-order chi connectivity index (χ0) is 16.7. The van der Waals surface area contributed by atoms with Gasteiger partial charge in [-0.3, -0.25) is 4.79 Å². The third-order valence-corrected chi connectivity index (χ3v) is 3.93. The Kier molecular flexibility index (Phi) is 6.51. The molecule has 0 aromatic heterocycles. The largest absolute Gasteiger partial charge is 0.497 e. The first-order valence-electron chi connectivity index (χ1n) is 7.13. The number of ether oxygens (including phenoxy) is 1. The molecule has 2 aromatic carbocycles. The molecule has 3 nitrogen and oxygen atoms in total. The second-order valence-electron chi connectivity index (χ2n) is 4.86. The Labute approximate surface area is 145 Å². The molecule has 2 rings (SSSR count). The Hall–Kier alpha value is -1.97. The number of halogens is 2. The first-order chi connectivity index (χ1) is 11.1. The van der Waals surface area contributed by atoms with Crippen LogP contribution in [-0.2, 0) is 11.2 Å². The molecule has 5 heteroatoms. The molecular formula is C18H17Cl2NO2. The molecule has 1 N–H and O–H groups in total. The number of nitrogens with one attached hydrogen (secondary N) is 1. The molecule has 0 bridgehead atoms. The lowest BCUT2D eigenvalue weighted by Crippen LogP contribution is -2.23. The minimum atomic E-state index is -0.186. The summed E-state index contributed by atoms with van der Waals surface area (Å²) in [5.74, 6) is 0.631. The van der Waals surface area contributed by atoms with Gasteiger partial charge in [0.15, 0.2) is 0 Å². The first kappa shape index (κ1) is 17.4. The second kappa shape index (κ2) is 8.61. The van der Waals surface area contributed by atoms with E-state index in [1.807, 2.05) is 24.3 Å². The van der Waals surface area contributed by atoms with Crippen LogP contribution in [0.2, 0.25) is 10.0 Å². The highest BCUT2D eigenvalue weighted by atomic mass is 35.5. The van der Waals surface area contributed by atoms with E-state index < -0.39 is 0 Å². The lowest BCUT2D eigenvalue weighted by molar-refractivity contribution is -0.116. The van der Waals surface area contributed by atoms with Crippen molar-refractivity contribution < 1.29 is 9.53 Å². The van der Waals surface area contributed by atoms with Crippen LogP contribution in [0.3, 0.4) is 0 Å². The summed E-state index contributed by atoms with van der Waals surface area (Å²) in [5.41, 5.74) is 1.77. The van der Waals surface area contributed by atoms with Crippen LogP contribution in [0.25, 0.3) is 6.08 Å². The summed E-state index contributed by atoms with van der Waals surface area (Å²) in [6, 6.07) is 13.0. The molecule has 0 heterocycles. The summed E-state index contributed by atoms with van der Waals surface area (Å²) in [7, 11) is 1.63. The van der Waals surface area contributed by atoms with Crippen molar-refractivity contribution in [3.05, 3.63) is 69.7 Å². The van der Waals surface area contributed by atoms with Crippen molar-refractivity contribution in [2.24, 2.45) is 0 Å². The molecule has 0 atom stereocenters. The van der Waals surface area contributed by atoms with Gasteiger partial charge in [-0.15, -0.1) is 0 Å². The van der Waals surface area contributed by atoms with Gasteiger partial charge in [-0.2, -0.15) is 0 Å². The van der Waals surface area contributed by atoms with Gasteiger partial charge in [-0.25, -0.2) is 0 Å². The van der Waals surface area contributed by atoms with Crippen molar-refractivity contribution >= 4 is 35.2 Å². The first-order valence-corrected chi connectivity index (χ1v) is 7.88. The van der Waals surface area contributed by atoms with Crippen molar-refractivity contribution in [3.8, 4) is 5.75 Å².